The molecule has 0 saturated carbocycles. The maximum absolute atomic E-state index is 10.8. The summed E-state index contributed by atoms with van der Waals surface area (Å²) in [6.45, 7) is 12.4. The zero-order valence-electron chi connectivity index (χ0n) is 21.4. The highest BCUT2D eigenvalue weighted by Crippen LogP contribution is 2.33. The van der Waals surface area contributed by atoms with E-state index in [1.807, 2.05) is 39.1 Å². The maximum Gasteiger partial charge on any atom is 0.232 e. The van der Waals surface area contributed by atoms with E-state index in [9.17, 15) is 5.11 Å². The average Bonchev–Trinajstić information content (AvgIpc) is 3.21. The first kappa shape index (κ1) is 25.9. The highest BCUT2D eigenvalue weighted by atomic mass is 16.5. The molecule has 0 radical (unpaired) electrons. The van der Waals surface area contributed by atoms with E-state index in [1.54, 1.807) is 0 Å². The molecular formula is C28H39N3O3. The first-order valence-corrected chi connectivity index (χ1v) is 12.1. The van der Waals surface area contributed by atoms with Gasteiger partial charge in [-0.1, -0.05) is 65.3 Å². The van der Waals surface area contributed by atoms with Crippen molar-refractivity contribution in [2.24, 2.45) is 0 Å². The highest BCUT2D eigenvalue weighted by Gasteiger charge is 2.25. The van der Waals surface area contributed by atoms with Crippen molar-refractivity contribution >= 4 is 5.88 Å². The molecule has 0 aliphatic rings. The molecule has 0 bridgehead atoms. The third-order valence-electron chi connectivity index (χ3n) is 5.87. The lowest BCUT2D eigenvalue weighted by Crippen LogP contribution is -2.35. The number of hydrogen-bond acceptors (Lipinski definition) is 6. The minimum atomic E-state index is -0.599. The number of ether oxygens (including phenoxy) is 1. The Balaban J connectivity index is 1.95. The second kappa shape index (κ2) is 12.2. The third-order valence-corrected chi connectivity index (χ3v) is 5.87. The van der Waals surface area contributed by atoms with Crippen LogP contribution in [0.1, 0.15) is 44.4 Å². The molecular weight excluding hydrogens is 426 g/mol. The van der Waals surface area contributed by atoms with Crippen LogP contribution in [0.5, 0.6) is 0 Å². The fourth-order valence-electron chi connectivity index (χ4n) is 3.91. The van der Waals surface area contributed by atoms with Crippen LogP contribution in [0.2, 0.25) is 0 Å². The Morgan fingerprint density at radius 1 is 1.00 bits per heavy atom. The van der Waals surface area contributed by atoms with E-state index in [0.717, 1.165) is 22.7 Å². The van der Waals surface area contributed by atoms with Crippen LogP contribution >= 0.6 is 0 Å². The quantitative estimate of drug-likeness (QED) is 0.393. The van der Waals surface area contributed by atoms with E-state index < -0.39 is 6.10 Å². The number of hydrogen-bond donors (Lipinski definition) is 1. The molecule has 2 aromatic carbocycles. The van der Waals surface area contributed by atoms with Gasteiger partial charge in [0.05, 0.1) is 24.4 Å². The second-order valence-corrected chi connectivity index (χ2v) is 9.58. The standard InChI is InChI=1S/C28H39N3O3/c1-20(2)30(6)28-26(27(29-34-28)24-13-8-7-9-14-24)18-31(17-25(32)19-33-21(3)4)16-23-12-10-11-22(5)15-23/h7-15,20-21,25,32H,16-19H2,1-6H3/t25-/m1/s1. The lowest BCUT2D eigenvalue weighted by atomic mass is 10.1. The van der Waals surface area contributed by atoms with Crippen LogP contribution in [-0.2, 0) is 17.8 Å². The zero-order chi connectivity index (χ0) is 24.7. The molecule has 1 heterocycles. The molecule has 0 aliphatic carbocycles. The maximum atomic E-state index is 10.8. The van der Waals surface area contributed by atoms with Crippen LogP contribution in [0, 0.1) is 6.92 Å². The van der Waals surface area contributed by atoms with Crippen LogP contribution in [0.25, 0.3) is 11.3 Å². The van der Waals surface area contributed by atoms with Crippen molar-refractivity contribution in [2.75, 3.05) is 25.1 Å². The van der Waals surface area contributed by atoms with Gasteiger partial charge in [0.15, 0.2) is 0 Å². The number of aromatic nitrogens is 1. The highest BCUT2D eigenvalue weighted by molar-refractivity contribution is 5.68. The molecule has 6 heteroatoms. The van der Waals surface area contributed by atoms with Gasteiger partial charge in [0.2, 0.25) is 5.88 Å². The Kier molecular flexibility index (Phi) is 9.28. The van der Waals surface area contributed by atoms with Gasteiger partial charge in [0.1, 0.15) is 5.69 Å². The summed E-state index contributed by atoms with van der Waals surface area (Å²) in [6.07, 6.45) is -0.521. The molecule has 6 nitrogen and oxygen atoms in total. The predicted octanol–water partition coefficient (Wildman–Crippen LogP) is 5.28. The normalized spacial score (nSPS) is 12.6. The topological polar surface area (TPSA) is 62.0 Å². The third kappa shape index (κ3) is 7.16. The molecule has 1 atom stereocenters. The van der Waals surface area contributed by atoms with Crippen LogP contribution in [-0.4, -0.2) is 53.6 Å². The molecule has 0 fully saturated rings. The number of aliphatic hydroxyl groups excluding tert-OH is 1. The first-order chi connectivity index (χ1) is 16.2. The number of aliphatic hydroxyl groups is 1. The van der Waals surface area contributed by atoms with Gasteiger partial charge in [-0.25, -0.2) is 0 Å². The molecule has 1 N–H and O–H groups in total. The summed E-state index contributed by atoms with van der Waals surface area (Å²) in [5.41, 5.74) is 5.30. The molecule has 0 amide bonds. The fraction of sp³-hybridized carbons (Fsp3) is 0.464. The number of benzene rings is 2. The van der Waals surface area contributed by atoms with Gasteiger partial charge in [-0.15, -0.1) is 0 Å². The van der Waals surface area contributed by atoms with Gasteiger partial charge >= 0.3 is 0 Å². The van der Waals surface area contributed by atoms with Crippen LogP contribution in [0.4, 0.5) is 5.88 Å². The summed E-state index contributed by atoms with van der Waals surface area (Å²) in [6, 6.07) is 18.9. The van der Waals surface area contributed by atoms with Crippen LogP contribution in [0.15, 0.2) is 59.1 Å². The number of nitrogens with zero attached hydrogens (tertiary/aromatic N) is 3. The predicted molar refractivity (Wildman–Crippen MR) is 138 cm³/mol. The van der Waals surface area contributed by atoms with E-state index in [2.05, 4.69) is 72.1 Å². The number of anilines is 1. The minimum Gasteiger partial charge on any atom is -0.389 e. The van der Waals surface area contributed by atoms with Crippen LogP contribution < -0.4 is 4.90 Å². The van der Waals surface area contributed by atoms with E-state index >= 15 is 0 Å². The van der Waals surface area contributed by atoms with E-state index in [1.165, 1.54) is 11.1 Å². The van der Waals surface area contributed by atoms with Crippen LogP contribution in [0.3, 0.4) is 0 Å². The van der Waals surface area contributed by atoms with Crippen molar-refractivity contribution in [1.29, 1.82) is 0 Å². The zero-order valence-corrected chi connectivity index (χ0v) is 21.4. The van der Waals surface area contributed by atoms with Crippen molar-refractivity contribution in [3.8, 4) is 11.3 Å². The van der Waals surface area contributed by atoms with E-state index in [0.29, 0.717) is 26.2 Å². The first-order valence-electron chi connectivity index (χ1n) is 12.1. The Morgan fingerprint density at radius 3 is 2.38 bits per heavy atom. The Morgan fingerprint density at radius 2 is 1.74 bits per heavy atom. The monoisotopic (exact) mass is 465 g/mol. The molecule has 0 spiro atoms. The average molecular weight is 466 g/mol. The van der Waals surface area contributed by atoms with Gasteiger partial charge in [-0.2, -0.15) is 0 Å². The summed E-state index contributed by atoms with van der Waals surface area (Å²) >= 11 is 0. The smallest absolute Gasteiger partial charge is 0.232 e. The lowest BCUT2D eigenvalue weighted by molar-refractivity contribution is -0.0106. The summed E-state index contributed by atoms with van der Waals surface area (Å²) in [4.78, 5) is 4.36. The molecule has 3 rings (SSSR count). The summed E-state index contributed by atoms with van der Waals surface area (Å²) in [7, 11) is 2.03. The van der Waals surface area contributed by atoms with Crippen molar-refractivity contribution in [3.05, 3.63) is 71.3 Å². The van der Waals surface area contributed by atoms with Crippen molar-refractivity contribution in [2.45, 2.75) is 66.0 Å². The molecule has 0 unspecified atom stereocenters. The van der Waals surface area contributed by atoms with Gasteiger partial charge < -0.3 is 19.3 Å². The molecule has 3 aromatic rings. The summed E-state index contributed by atoms with van der Waals surface area (Å²) in [5.74, 6) is 0.760. The molecule has 1 aromatic heterocycles. The summed E-state index contributed by atoms with van der Waals surface area (Å²) in [5, 5.41) is 15.2. The second-order valence-electron chi connectivity index (χ2n) is 9.58. The van der Waals surface area contributed by atoms with Crippen molar-refractivity contribution in [3.63, 3.8) is 0 Å². The van der Waals surface area contributed by atoms with E-state index in [4.69, 9.17) is 9.26 Å². The Hall–Kier alpha value is -2.67. The molecule has 0 aliphatic heterocycles. The number of aryl methyl sites for hydroxylation is 1. The minimum absolute atomic E-state index is 0.0777. The largest absolute Gasteiger partial charge is 0.389 e. The van der Waals surface area contributed by atoms with Gasteiger partial charge in [0, 0.05) is 38.3 Å². The fourth-order valence-corrected chi connectivity index (χ4v) is 3.91. The molecule has 0 saturated heterocycles. The van der Waals surface area contributed by atoms with Gasteiger partial charge in [-0.3, -0.25) is 4.90 Å². The Bertz CT molecular complexity index is 1020. The SMILES string of the molecule is Cc1cccc(CN(Cc2c(-c3ccccc3)noc2N(C)C(C)C)C[C@@H](O)COC(C)C)c1. The van der Waals surface area contributed by atoms with Crippen molar-refractivity contribution in [1.82, 2.24) is 10.1 Å². The van der Waals surface area contributed by atoms with Gasteiger partial charge in [-0.05, 0) is 40.2 Å². The lowest BCUT2D eigenvalue weighted by Gasteiger charge is -2.27. The molecule has 184 valence electrons. The molecule has 34 heavy (non-hydrogen) atoms. The number of rotatable bonds is 12. The van der Waals surface area contributed by atoms with Gasteiger partial charge in [0.25, 0.3) is 0 Å². The van der Waals surface area contributed by atoms with Crippen molar-refractivity contribution < 1.29 is 14.4 Å². The Labute approximate surface area is 204 Å². The van der Waals surface area contributed by atoms with E-state index in [-0.39, 0.29) is 12.1 Å². The summed E-state index contributed by atoms with van der Waals surface area (Å²) < 4.78 is 11.6.